The predicted octanol–water partition coefficient (Wildman–Crippen LogP) is 1.85. The lowest BCUT2D eigenvalue weighted by molar-refractivity contribution is -0.112. The fourth-order valence-corrected chi connectivity index (χ4v) is 1.51. The van der Waals surface area contributed by atoms with E-state index >= 15 is 0 Å². The Morgan fingerprint density at radius 2 is 1.88 bits per heavy atom. The highest BCUT2D eigenvalue weighted by molar-refractivity contribution is 5.94. The molecule has 0 aliphatic rings. The maximum absolute atomic E-state index is 11.1. The van der Waals surface area contributed by atoms with Crippen molar-refractivity contribution in [1.29, 1.82) is 0 Å². The quantitative estimate of drug-likeness (QED) is 0.791. The molecule has 0 saturated carbocycles. The third-order valence-corrected chi connectivity index (χ3v) is 2.31. The molecule has 4 heteroatoms. The van der Waals surface area contributed by atoms with Crippen molar-refractivity contribution in [2.45, 2.75) is 6.92 Å². The number of rotatable bonds is 5. The predicted molar refractivity (Wildman–Crippen MR) is 67.3 cm³/mol. The number of hydrogen-bond donors (Lipinski definition) is 1. The Morgan fingerprint density at radius 3 is 2.35 bits per heavy atom. The molecule has 0 aromatic heterocycles. The molecule has 1 aromatic rings. The molecule has 0 heterocycles. The van der Waals surface area contributed by atoms with Crippen LogP contribution in [-0.2, 0) is 4.79 Å². The number of hydrogen-bond acceptors (Lipinski definition) is 4. The molecule has 0 fully saturated rings. The average Bonchev–Trinajstić information content (AvgIpc) is 2.34. The van der Waals surface area contributed by atoms with Gasteiger partial charge in [0.25, 0.3) is 0 Å². The van der Waals surface area contributed by atoms with Gasteiger partial charge in [-0.3, -0.25) is 4.79 Å². The smallest absolute Gasteiger partial charge is 0.161 e. The number of methoxy groups -OCH3 is 2. The molecule has 1 N–H and O–H groups in total. The van der Waals surface area contributed by atoms with Gasteiger partial charge in [-0.15, -0.1) is 0 Å². The minimum Gasteiger partial charge on any atom is -0.493 e. The van der Waals surface area contributed by atoms with Crippen molar-refractivity contribution >= 4 is 11.5 Å². The number of ether oxygens (including phenoxy) is 2. The van der Waals surface area contributed by atoms with E-state index in [1.54, 1.807) is 33.4 Å². The molecule has 1 aromatic carbocycles. The second-order valence-electron chi connectivity index (χ2n) is 3.49. The molecule has 0 bridgehead atoms. The minimum absolute atomic E-state index is 0.0101. The van der Waals surface area contributed by atoms with Gasteiger partial charge in [-0.05, 0) is 25.1 Å². The van der Waals surface area contributed by atoms with Gasteiger partial charge < -0.3 is 14.8 Å². The summed E-state index contributed by atoms with van der Waals surface area (Å²) in [5.74, 6) is 1.29. The van der Waals surface area contributed by atoms with Crippen LogP contribution in [0.25, 0.3) is 5.70 Å². The normalized spacial score (nSPS) is 10.9. The van der Waals surface area contributed by atoms with Crippen molar-refractivity contribution in [2.24, 2.45) is 0 Å². The molecule has 0 unspecified atom stereocenters. The summed E-state index contributed by atoms with van der Waals surface area (Å²) in [6, 6.07) is 5.50. The van der Waals surface area contributed by atoms with E-state index in [2.05, 4.69) is 5.32 Å². The lowest BCUT2D eigenvalue weighted by Crippen LogP contribution is -2.06. The van der Waals surface area contributed by atoms with Crippen molar-refractivity contribution in [1.82, 2.24) is 5.32 Å². The molecule has 92 valence electrons. The van der Waals surface area contributed by atoms with E-state index in [1.165, 1.54) is 6.92 Å². The summed E-state index contributed by atoms with van der Waals surface area (Å²) in [5.41, 5.74) is 1.62. The van der Waals surface area contributed by atoms with Crippen LogP contribution >= 0.6 is 0 Å². The fraction of sp³-hybridized carbons (Fsp3) is 0.308. The highest BCUT2D eigenvalue weighted by Crippen LogP contribution is 2.29. The Labute approximate surface area is 101 Å². The standard InChI is InChI=1S/C13H17NO3/c1-9(15)7-11(14-2)10-5-6-12(16-3)13(8-10)17-4/h5-8,14H,1-4H3/b11-7-. The molecule has 0 spiro atoms. The third-order valence-electron chi connectivity index (χ3n) is 2.31. The molecular formula is C13H17NO3. The topological polar surface area (TPSA) is 47.6 Å². The van der Waals surface area contributed by atoms with Gasteiger partial charge in [0.05, 0.1) is 14.2 Å². The van der Waals surface area contributed by atoms with Crippen LogP contribution in [0, 0.1) is 0 Å². The Kier molecular flexibility index (Phi) is 4.57. The van der Waals surface area contributed by atoms with E-state index in [0.717, 1.165) is 11.3 Å². The van der Waals surface area contributed by atoms with Gasteiger partial charge in [-0.2, -0.15) is 0 Å². The Bertz CT molecular complexity index is 438. The number of benzene rings is 1. The Hall–Kier alpha value is -1.97. The van der Waals surface area contributed by atoms with Gasteiger partial charge in [0.1, 0.15) is 0 Å². The molecule has 17 heavy (non-hydrogen) atoms. The summed E-state index contributed by atoms with van der Waals surface area (Å²) in [6.07, 6.45) is 1.54. The molecular weight excluding hydrogens is 218 g/mol. The first-order valence-electron chi connectivity index (χ1n) is 5.24. The van der Waals surface area contributed by atoms with Crippen LogP contribution in [0.3, 0.4) is 0 Å². The molecule has 1 rings (SSSR count). The van der Waals surface area contributed by atoms with E-state index in [9.17, 15) is 4.79 Å². The van der Waals surface area contributed by atoms with Crippen molar-refractivity contribution < 1.29 is 14.3 Å². The lowest BCUT2D eigenvalue weighted by atomic mass is 10.1. The summed E-state index contributed by atoms with van der Waals surface area (Å²) in [5, 5.41) is 2.98. The van der Waals surface area contributed by atoms with Crippen LogP contribution in [0.5, 0.6) is 11.5 Å². The third kappa shape index (κ3) is 3.24. The fourth-order valence-electron chi connectivity index (χ4n) is 1.51. The van der Waals surface area contributed by atoms with Gasteiger partial charge in [0, 0.05) is 24.4 Å². The van der Waals surface area contributed by atoms with Crippen LogP contribution in [0.4, 0.5) is 0 Å². The molecule has 0 radical (unpaired) electrons. The van der Waals surface area contributed by atoms with Crippen molar-refractivity contribution in [3.8, 4) is 11.5 Å². The summed E-state index contributed by atoms with van der Waals surface area (Å²) in [4.78, 5) is 11.1. The van der Waals surface area contributed by atoms with E-state index in [0.29, 0.717) is 11.5 Å². The van der Waals surface area contributed by atoms with Crippen LogP contribution in [-0.4, -0.2) is 27.1 Å². The first-order chi connectivity index (χ1) is 8.12. The lowest BCUT2D eigenvalue weighted by Gasteiger charge is -2.11. The second-order valence-corrected chi connectivity index (χ2v) is 3.49. The van der Waals surface area contributed by atoms with Gasteiger partial charge >= 0.3 is 0 Å². The SMILES string of the molecule is CN/C(=C\C(C)=O)c1ccc(OC)c(OC)c1. The molecule has 0 atom stereocenters. The zero-order chi connectivity index (χ0) is 12.8. The largest absolute Gasteiger partial charge is 0.493 e. The highest BCUT2D eigenvalue weighted by atomic mass is 16.5. The molecule has 0 aliphatic carbocycles. The summed E-state index contributed by atoms with van der Waals surface area (Å²) < 4.78 is 10.4. The maximum Gasteiger partial charge on any atom is 0.161 e. The Morgan fingerprint density at radius 1 is 1.24 bits per heavy atom. The highest BCUT2D eigenvalue weighted by Gasteiger charge is 2.07. The van der Waals surface area contributed by atoms with Gasteiger partial charge in [-0.25, -0.2) is 0 Å². The molecule has 4 nitrogen and oxygen atoms in total. The van der Waals surface area contributed by atoms with Crippen molar-refractivity contribution in [3.63, 3.8) is 0 Å². The second kappa shape index (κ2) is 5.94. The maximum atomic E-state index is 11.1. The monoisotopic (exact) mass is 235 g/mol. The summed E-state index contributed by atoms with van der Waals surface area (Å²) in [7, 11) is 4.93. The molecule has 0 aliphatic heterocycles. The van der Waals surface area contributed by atoms with E-state index in [1.807, 2.05) is 12.1 Å². The summed E-state index contributed by atoms with van der Waals surface area (Å²) in [6.45, 7) is 1.51. The van der Waals surface area contributed by atoms with Crippen molar-refractivity contribution in [3.05, 3.63) is 29.8 Å². The molecule has 0 amide bonds. The number of nitrogens with one attached hydrogen (secondary N) is 1. The zero-order valence-electron chi connectivity index (χ0n) is 10.5. The summed E-state index contributed by atoms with van der Waals surface area (Å²) >= 11 is 0. The van der Waals surface area contributed by atoms with Crippen LogP contribution in [0.2, 0.25) is 0 Å². The average molecular weight is 235 g/mol. The van der Waals surface area contributed by atoms with Crippen LogP contribution in [0.1, 0.15) is 12.5 Å². The minimum atomic E-state index is -0.0101. The van der Waals surface area contributed by atoms with E-state index < -0.39 is 0 Å². The van der Waals surface area contributed by atoms with Crippen LogP contribution < -0.4 is 14.8 Å². The number of allylic oxidation sites excluding steroid dienone is 1. The first kappa shape index (κ1) is 13.1. The van der Waals surface area contributed by atoms with Crippen molar-refractivity contribution in [2.75, 3.05) is 21.3 Å². The zero-order valence-corrected chi connectivity index (χ0v) is 10.5. The number of carbonyl (C=O) groups excluding carboxylic acids is 1. The van der Waals surface area contributed by atoms with Gasteiger partial charge in [0.2, 0.25) is 0 Å². The number of ketones is 1. The van der Waals surface area contributed by atoms with E-state index in [4.69, 9.17) is 9.47 Å². The number of carbonyl (C=O) groups is 1. The Balaban J connectivity index is 3.18. The molecule has 0 saturated heterocycles. The van der Waals surface area contributed by atoms with Gasteiger partial charge in [-0.1, -0.05) is 0 Å². The van der Waals surface area contributed by atoms with Crippen LogP contribution in [0.15, 0.2) is 24.3 Å². The first-order valence-corrected chi connectivity index (χ1v) is 5.24. The van der Waals surface area contributed by atoms with Gasteiger partial charge in [0.15, 0.2) is 17.3 Å². The van der Waals surface area contributed by atoms with E-state index in [-0.39, 0.29) is 5.78 Å².